The number of rotatable bonds is 4. The van der Waals surface area contributed by atoms with Gasteiger partial charge in [0.1, 0.15) is 18.8 Å². The third-order valence-electron chi connectivity index (χ3n) is 10.2. The first-order valence-corrected chi connectivity index (χ1v) is 12.5. The molecule has 1 N–H and O–H groups in total. The molecule has 4 fully saturated rings. The van der Waals surface area contributed by atoms with Crippen molar-refractivity contribution in [2.45, 2.75) is 97.2 Å². The summed E-state index contributed by atoms with van der Waals surface area (Å²) in [5, 5.41) is 21.1. The van der Waals surface area contributed by atoms with Gasteiger partial charge in [-0.25, -0.2) is 0 Å². The van der Waals surface area contributed by atoms with Gasteiger partial charge in [0.05, 0.1) is 0 Å². The van der Waals surface area contributed by atoms with Gasteiger partial charge in [0, 0.05) is 19.8 Å². The fraction of sp³-hybridized carbons (Fsp3) is 0.885. The normalized spacial score (nSPS) is 44.8. The summed E-state index contributed by atoms with van der Waals surface area (Å²) in [5.41, 5.74) is -1.45. The lowest BCUT2D eigenvalue weighted by Gasteiger charge is -2.61. The summed E-state index contributed by atoms with van der Waals surface area (Å²) < 4.78 is 10.7. The lowest BCUT2D eigenvalue weighted by Crippen LogP contribution is -2.56. The third-order valence-corrected chi connectivity index (χ3v) is 10.2. The van der Waals surface area contributed by atoms with E-state index in [1.807, 2.05) is 0 Å². The summed E-state index contributed by atoms with van der Waals surface area (Å²) in [7, 11) is 0. The van der Waals surface area contributed by atoms with Crippen molar-refractivity contribution in [3.05, 3.63) is 0 Å². The predicted molar refractivity (Wildman–Crippen MR) is 118 cm³/mol. The number of carbonyl (C=O) groups is 2. The lowest BCUT2D eigenvalue weighted by atomic mass is 9.44. The zero-order valence-electron chi connectivity index (χ0n) is 20.1. The summed E-state index contributed by atoms with van der Waals surface area (Å²) in [4.78, 5) is 22.8. The van der Waals surface area contributed by atoms with Crippen molar-refractivity contribution in [1.29, 1.82) is 5.26 Å². The first-order chi connectivity index (χ1) is 15.0. The number of nitriles is 1. The molecule has 4 rings (SSSR count). The van der Waals surface area contributed by atoms with E-state index in [-0.39, 0.29) is 35.4 Å². The molecule has 6 nitrogen and oxygen atoms in total. The molecule has 0 aromatic carbocycles. The van der Waals surface area contributed by atoms with Gasteiger partial charge in [-0.05, 0) is 92.3 Å². The second-order valence-electron chi connectivity index (χ2n) is 11.7. The zero-order chi connectivity index (χ0) is 23.3. The molecule has 4 aliphatic carbocycles. The number of fused-ring (bicyclic) bond motifs is 5. The van der Waals surface area contributed by atoms with Crippen molar-refractivity contribution in [1.82, 2.24) is 0 Å². The van der Waals surface area contributed by atoms with Gasteiger partial charge < -0.3 is 14.6 Å². The number of nitrogens with zero attached hydrogens (tertiary/aromatic N) is 1. The smallest absolute Gasteiger partial charge is 0.302 e. The van der Waals surface area contributed by atoms with Gasteiger partial charge in [0.15, 0.2) is 5.60 Å². The Morgan fingerprint density at radius 1 is 1.00 bits per heavy atom. The van der Waals surface area contributed by atoms with Crippen LogP contribution in [0.25, 0.3) is 0 Å². The van der Waals surface area contributed by atoms with Crippen LogP contribution in [-0.2, 0) is 19.1 Å². The minimum Gasteiger partial charge on any atom is -0.463 e. The van der Waals surface area contributed by atoms with Gasteiger partial charge >= 0.3 is 11.9 Å². The van der Waals surface area contributed by atoms with E-state index in [1.165, 1.54) is 26.7 Å². The van der Waals surface area contributed by atoms with E-state index >= 15 is 0 Å². The summed E-state index contributed by atoms with van der Waals surface area (Å²) in [6, 6.07) is 2.12. The highest BCUT2D eigenvalue weighted by Crippen LogP contribution is 2.68. The van der Waals surface area contributed by atoms with Crippen molar-refractivity contribution in [2.75, 3.05) is 6.61 Å². The fourth-order valence-electron chi connectivity index (χ4n) is 8.77. The van der Waals surface area contributed by atoms with Gasteiger partial charge in [0.25, 0.3) is 0 Å². The first-order valence-electron chi connectivity index (χ1n) is 12.5. The van der Waals surface area contributed by atoms with E-state index in [9.17, 15) is 20.0 Å². The van der Waals surface area contributed by atoms with Gasteiger partial charge in [-0.2, -0.15) is 5.26 Å². The molecule has 0 bridgehead atoms. The predicted octanol–water partition coefficient (Wildman–Crippen LogP) is 4.39. The van der Waals surface area contributed by atoms with Gasteiger partial charge in [0.2, 0.25) is 0 Å². The third kappa shape index (κ3) is 3.75. The van der Waals surface area contributed by atoms with Crippen molar-refractivity contribution in [3.8, 4) is 6.07 Å². The molecule has 4 saturated carbocycles. The minimum absolute atomic E-state index is 0.0683. The molecule has 0 saturated heterocycles. The quantitative estimate of drug-likeness (QED) is 0.509. The van der Waals surface area contributed by atoms with Gasteiger partial charge in [-0.1, -0.05) is 13.8 Å². The number of hydrogen-bond acceptors (Lipinski definition) is 6. The second kappa shape index (κ2) is 8.31. The molecule has 9 atom stereocenters. The van der Waals surface area contributed by atoms with Crippen LogP contribution < -0.4 is 0 Å². The van der Waals surface area contributed by atoms with Gasteiger partial charge in [-0.15, -0.1) is 0 Å². The maximum absolute atomic E-state index is 11.5. The van der Waals surface area contributed by atoms with E-state index in [4.69, 9.17) is 9.47 Å². The van der Waals surface area contributed by atoms with Crippen LogP contribution in [0.2, 0.25) is 0 Å². The molecule has 0 aromatic rings. The molecule has 0 amide bonds. The average molecular weight is 446 g/mol. The summed E-state index contributed by atoms with van der Waals surface area (Å²) >= 11 is 0. The lowest BCUT2D eigenvalue weighted by molar-refractivity contribution is -0.165. The molecule has 6 heteroatoms. The molecule has 0 radical (unpaired) electrons. The molecule has 4 aliphatic rings. The Morgan fingerprint density at radius 3 is 2.34 bits per heavy atom. The van der Waals surface area contributed by atoms with Crippen molar-refractivity contribution < 1.29 is 24.2 Å². The molecule has 0 spiro atoms. The second-order valence-corrected chi connectivity index (χ2v) is 11.7. The number of esters is 2. The zero-order valence-corrected chi connectivity index (χ0v) is 20.1. The van der Waals surface area contributed by atoms with Crippen LogP contribution in [0.1, 0.15) is 85.5 Å². The number of aliphatic hydroxyl groups is 1. The van der Waals surface area contributed by atoms with Crippen LogP contribution in [0.4, 0.5) is 0 Å². The van der Waals surface area contributed by atoms with E-state index in [0.29, 0.717) is 23.7 Å². The highest BCUT2D eigenvalue weighted by atomic mass is 16.5. The largest absolute Gasteiger partial charge is 0.463 e. The molecule has 0 aromatic heterocycles. The van der Waals surface area contributed by atoms with E-state index in [2.05, 4.69) is 19.9 Å². The molecule has 32 heavy (non-hydrogen) atoms. The molecule has 9 unspecified atom stereocenters. The van der Waals surface area contributed by atoms with Crippen LogP contribution in [0.5, 0.6) is 0 Å². The first kappa shape index (κ1) is 23.5. The molecule has 0 aliphatic heterocycles. The summed E-state index contributed by atoms with van der Waals surface area (Å²) in [5.74, 6) is 1.56. The molecule has 178 valence electrons. The van der Waals surface area contributed by atoms with Crippen LogP contribution >= 0.6 is 0 Å². The monoisotopic (exact) mass is 445 g/mol. The minimum atomic E-state index is -1.62. The molecular formula is C26H39NO5. The Hall–Kier alpha value is -1.61. The number of carbonyl (C=O) groups excluding carboxylic acids is 2. The van der Waals surface area contributed by atoms with Gasteiger partial charge in [-0.3, -0.25) is 9.59 Å². The maximum atomic E-state index is 11.5. The maximum Gasteiger partial charge on any atom is 0.302 e. The number of hydrogen-bond donors (Lipinski definition) is 1. The molecular weight excluding hydrogens is 406 g/mol. The Morgan fingerprint density at radius 2 is 1.69 bits per heavy atom. The standard InChI is InChI=1S/C26H39NO5/c1-16(28)31-15-26(30,14-27)23-8-7-21-20-6-5-18-13-19(32-17(2)29)9-11-24(18,3)22(20)10-12-25(21,23)4/h18-23,30H,5-13,15H2,1-4H3. The summed E-state index contributed by atoms with van der Waals surface area (Å²) in [6.45, 7) is 7.33. The van der Waals surface area contributed by atoms with Crippen molar-refractivity contribution >= 4 is 11.9 Å². The van der Waals surface area contributed by atoms with E-state index in [0.717, 1.165) is 44.9 Å². The highest BCUT2D eigenvalue weighted by Gasteiger charge is 2.63. The van der Waals surface area contributed by atoms with Crippen LogP contribution in [0.15, 0.2) is 0 Å². The van der Waals surface area contributed by atoms with Crippen LogP contribution in [-0.4, -0.2) is 35.4 Å². The Labute approximate surface area is 192 Å². The Bertz CT molecular complexity index is 807. The Kier molecular flexibility index (Phi) is 6.11. The van der Waals surface area contributed by atoms with Crippen LogP contribution in [0, 0.1) is 51.8 Å². The highest BCUT2D eigenvalue weighted by molar-refractivity contribution is 5.66. The molecule has 0 heterocycles. The average Bonchev–Trinajstić information content (AvgIpc) is 3.10. The van der Waals surface area contributed by atoms with Crippen molar-refractivity contribution in [3.63, 3.8) is 0 Å². The van der Waals surface area contributed by atoms with Crippen LogP contribution in [0.3, 0.4) is 0 Å². The summed E-state index contributed by atoms with van der Waals surface area (Å²) in [6.07, 6.45) is 9.43. The Balaban J connectivity index is 1.52. The SMILES string of the molecule is CC(=O)OCC(O)(C#N)C1CCC2C3CCC4CC(OC(C)=O)CCC4(C)C3CCC21C. The van der Waals surface area contributed by atoms with E-state index in [1.54, 1.807) is 0 Å². The van der Waals surface area contributed by atoms with Crippen molar-refractivity contribution in [2.24, 2.45) is 40.4 Å². The fourth-order valence-corrected chi connectivity index (χ4v) is 8.77. The number of ether oxygens (including phenoxy) is 2. The topological polar surface area (TPSA) is 96.6 Å². The van der Waals surface area contributed by atoms with E-state index < -0.39 is 11.6 Å².